The van der Waals surface area contributed by atoms with Crippen molar-refractivity contribution in [3.05, 3.63) is 36.4 Å². The minimum absolute atomic E-state index is 0.116. The molecule has 0 aromatic heterocycles. The van der Waals surface area contributed by atoms with Crippen LogP contribution in [0, 0.1) is 11.8 Å². The zero-order valence-electron chi connectivity index (χ0n) is 23.6. The topological polar surface area (TPSA) is 100 Å². The van der Waals surface area contributed by atoms with Crippen LogP contribution in [0.2, 0.25) is 0 Å². The molecule has 4 aliphatic heterocycles. The number of nitrogens with zero attached hydrogens (tertiary/aromatic N) is 2. The van der Waals surface area contributed by atoms with Gasteiger partial charge in [-0.1, -0.05) is 43.9 Å². The number of piperidine rings is 1. The summed E-state index contributed by atoms with van der Waals surface area (Å²) in [6, 6.07) is 6.94. The molecule has 4 fully saturated rings. The summed E-state index contributed by atoms with van der Waals surface area (Å²) in [5.41, 5.74) is -0.539. The molecule has 1 aromatic rings. The Morgan fingerprint density at radius 3 is 2.65 bits per heavy atom. The van der Waals surface area contributed by atoms with E-state index in [0.29, 0.717) is 30.6 Å². The van der Waals surface area contributed by atoms with Crippen molar-refractivity contribution in [1.82, 2.24) is 15.1 Å². The van der Waals surface area contributed by atoms with E-state index in [2.05, 4.69) is 22.5 Å². The molecule has 216 valence electrons. The molecule has 4 heterocycles. The first-order valence-electron chi connectivity index (χ1n) is 15.1. The third-order valence-corrected chi connectivity index (χ3v) is 9.78. The Bertz CT molecular complexity index is 1170. The van der Waals surface area contributed by atoms with E-state index in [1.54, 1.807) is 24.1 Å². The first-order chi connectivity index (χ1) is 19.4. The van der Waals surface area contributed by atoms with Crippen molar-refractivity contribution in [2.75, 3.05) is 32.1 Å². The average Bonchev–Trinajstić information content (AvgIpc) is 3.60. The van der Waals surface area contributed by atoms with Crippen LogP contribution in [0.4, 0.5) is 5.69 Å². The largest absolute Gasteiger partial charge is 0.497 e. The third kappa shape index (κ3) is 4.81. The third-order valence-electron chi connectivity index (χ3n) is 9.78. The highest BCUT2D eigenvalue weighted by Gasteiger charge is 2.72. The number of carbonyl (C=O) groups is 3. The van der Waals surface area contributed by atoms with Gasteiger partial charge in [-0.25, -0.2) is 0 Å². The number of carbonyl (C=O) groups excluding carboxylic acids is 3. The van der Waals surface area contributed by atoms with Crippen LogP contribution in [0.25, 0.3) is 0 Å². The molecule has 0 radical (unpaired) electrons. The van der Waals surface area contributed by atoms with Crippen molar-refractivity contribution in [2.45, 2.75) is 88.1 Å². The van der Waals surface area contributed by atoms with Gasteiger partial charge < -0.3 is 25.0 Å². The van der Waals surface area contributed by atoms with Crippen molar-refractivity contribution in [3.8, 4) is 5.75 Å². The van der Waals surface area contributed by atoms with Crippen molar-refractivity contribution < 1.29 is 23.9 Å². The molecule has 6 rings (SSSR count). The number of nitrogens with one attached hydrogen (secondary N) is 2. The number of amides is 3. The SMILES string of the molecule is COc1cccc(NC(=O)[C@@H]2[C@@H]3C=C[C@]4(O3)[C@@H]2C(=O)N(CCN2CCCC[C@@H]2C)[C@H]4C(=O)NC2CCCCC2)c1. The second-order valence-corrected chi connectivity index (χ2v) is 12.2. The number of fused-ring (bicyclic) bond motifs is 1. The van der Waals surface area contributed by atoms with Crippen LogP contribution in [-0.2, 0) is 19.1 Å². The second kappa shape index (κ2) is 11.2. The number of methoxy groups -OCH3 is 1. The lowest BCUT2D eigenvalue weighted by atomic mass is 9.74. The zero-order chi connectivity index (χ0) is 27.9. The molecule has 2 bridgehead atoms. The van der Waals surface area contributed by atoms with Crippen molar-refractivity contribution in [1.29, 1.82) is 0 Å². The van der Waals surface area contributed by atoms with E-state index < -0.39 is 29.6 Å². The molecule has 0 unspecified atom stereocenters. The van der Waals surface area contributed by atoms with Crippen molar-refractivity contribution in [2.24, 2.45) is 11.8 Å². The van der Waals surface area contributed by atoms with Crippen LogP contribution < -0.4 is 15.4 Å². The summed E-state index contributed by atoms with van der Waals surface area (Å²) in [7, 11) is 1.58. The Morgan fingerprint density at radius 2 is 1.88 bits per heavy atom. The molecule has 1 saturated carbocycles. The predicted octanol–water partition coefficient (Wildman–Crippen LogP) is 3.11. The summed E-state index contributed by atoms with van der Waals surface area (Å²) in [5.74, 6) is -1.42. The van der Waals surface area contributed by atoms with E-state index in [1.165, 1.54) is 12.8 Å². The van der Waals surface area contributed by atoms with Crippen molar-refractivity contribution >= 4 is 23.4 Å². The van der Waals surface area contributed by atoms with Crippen LogP contribution in [0.1, 0.15) is 58.3 Å². The molecule has 1 aliphatic carbocycles. The monoisotopic (exact) mass is 550 g/mol. The fourth-order valence-corrected chi connectivity index (χ4v) is 7.69. The zero-order valence-corrected chi connectivity index (χ0v) is 23.6. The summed E-state index contributed by atoms with van der Waals surface area (Å²) in [4.78, 5) is 46.0. The van der Waals surface area contributed by atoms with E-state index in [1.807, 2.05) is 24.3 Å². The molecule has 1 aromatic carbocycles. The van der Waals surface area contributed by atoms with Gasteiger partial charge >= 0.3 is 0 Å². The normalized spacial score (nSPS) is 33.7. The molecular formula is C31H42N4O5. The molecular weight excluding hydrogens is 508 g/mol. The quantitative estimate of drug-likeness (QED) is 0.483. The van der Waals surface area contributed by atoms with Crippen LogP contribution in [0.15, 0.2) is 36.4 Å². The van der Waals surface area contributed by atoms with Gasteiger partial charge in [-0.3, -0.25) is 19.3 Å². The summed E-state index contributed by atoms with van der Waals surface area (Å²) >= 11 is 0. The Balaban J connectivity index is 1.27. The lowest BCUT2D eigenvalue weighted by Crippen LogP contribution is -2.57. The van der Waals surface area contributed by atoms with Gasteiger partial charge in [0, 0.05) is 36.9 Å². The lowest BCUT2D eigenvalue weighted by molar-refractivity contribution is -0.141. The van der Waals surface area contributed by atoms with Gasteiger partial charge in [0.05, 0.1) is 25.0 Å². The van der Waals surface area contributed by atoms with Gasteiger partial charge in [-0.2, -0.15) is 0 Å². The lowest BCUT2D eigenvalue weighted by Gasteiger charge is -2.37. The number of ether oxygens (including phenoxy) is 2. The molecule has 2 N–H and O–H groups in total. The number of hydrogen-bond donors (Lipinski definition) is 2. The maximum Gasteiger partial charge on any atom is 0.246 e. The first-order valence-corrected chi connectivity index (χ1v) is 15.1. The van der Waals surface area contributed by atoms with Crippen LogP contribution in [-0.4, -0.2) is 84.1 Å². The summed E-state index contributed by atoms with van der Waals surface area (Å²) in [6.45, 7) is 4.38. The Labute approximate surface area is 236 Å². The molecule has 1 spiro atoms. The van der Waals surface area contributed by atoms with Gasteiger partial charge in [0.1, 0.15) is 17.4 Å². The molecule has 40 heavy (non-hydrogen) atoms. The minimum Gasteiger partial charge on any atom is -0.497 e. The first kappa shape index (κ1) is 27.3. The van der Waals surface area contributed by atoms with Crippen LogP contribution >= 0.6 is 0 Å². The fourth-order valence-electron chi connectivity index (χ4n) is 7.69. The van der Waals surface area contributed by atoms with E-state index in [-0.39, 0.29) is 23.8 Å². The van der Waals surface area contributed by atoms with Gasteiger partial charge in [-0.05, 0) is 51.3 Å². The van der Waals surface area contributed by atoms with E-state index in [9.17, 15) is 14.4 Å². The molecule has 9 heteroatoms. The van der Waals surface area contributed by atoms with Crippen LogP contribution in [0.3, 0.4) is 0 Å². The Morgan fingerprint density at radius 1 is 1.07 bits per heavy atom. The molecule has 9 nitrogen and oxygen atoms in total. The molecule has 5 aliphatic rings. The maximum atomic E-state index is 14.2. The van der Waals surface area contributed by atoms with Gasteiger partial charge in [-0.15, -0.1) is 0 Å². The second-order valence-electron chi connectivity index (χ2n) is 12.2. The highest BCUT2D eigenvalue weighted by molar-refractivity contribution is 6.02. The number of anilines is 1. The standard InChI is InChI=1S/C31H42N4O5/c1-20-9-6-7-16-34(20)17-18-35-27(29(37)32-21-10-4-3-5-11-21)31-15-14-24(40-31)25(26(31)30(35)38)28(36)33-22-12-8-13-23(19-22)39-2/h8,12-15,19-21,24-27H,3-7,9-11,16-18H2,1-2H3,(H,32,37)(H,33,36)/t20-,24-,25+,26-,27-,31-/m0/s1. The molecule has 3 saturated heterocycles. The number of hydrogen-bond acceptors (Lipinski definition) is 6. The Kier molecular flexibility index (Phi) is 7.61. The average molecular weight is 551 g/mol. The number of benzene rings is 1. The van der Waals surface area contributed by atoms with E-state index >= 15 is 0 Å². The number of rotatable bonds is 8. The smallest absolute Gasteiger partial charge is 0.246 e. The van der Waals surface area contributed by atoms with Gasteiger partial charge in [0.25, 0.3) is 0 Å². The van der Waals surface area contributed by atoms with Gasteiger partial charge in [0.2, 0.25) is 17.7 Å². The van der Waals surface area contributed by atoms with E-state index in [4.69, 9.17) is 9.47 Å². The summed E-state index contributed by atoms with van der Waals surface area (Å²) in [5, 5.41) is 6.25. The highest BCUT2D eigenvalue weighted by Crippen LogP contribution is 2.55. The number of likely N-dealkylation sites (tertiary alicyclic amines) is 2. The maximum absolute atomic E-state index is 14.2. The van der Waals surface area contributed by atoms with Gasteiger partial charge in [0.15, 0.2) is 0 Å². The predicted molar refractivity (Wildman–Crippen MR) is 151 cm³/mol. The van der Waals surface area contributed by atoms with Crippen LogP contribution in [0.5, 0.6) is 5.75 Å². The minimum atomic E-state index is -1.13. The Hall–Kier alpha value is -2.91. The summed E-state index contributed by atoms with van der Waals surface area (Å²) < 4.78 is 11.8. The van der Waals surface area contributed by atoms with E-state index in [0.717, 1.165) is 45.1 Å². The fraction of sp³-hybridized carbons (Fsp3) is 0.645. The van der Waals surface area contributed by atoms with Crippen molar-refractivity contribution in [3.63, 3.8) is 0 Å². The molecule has 3 amide bonds. The highest BCUT2D eigenvalue weighted by atomic mass is 16.5. The summed E-state index contributed by atoms with van der Waals surface area (Å²) in [6.07, 6.45) is 12.0. The molecule has 6 atom stereocenters.